The summed E-state index contributed by atoms with van der Waals surface area (Å²) < 4.78 is 28.3. The predicted octanol–water partition coefficient (Wildman–Crippen LogP) is 2.02. The zero-order valence-electron chi connectivity index (χ0n) is 17.2. The average molecular weight is 419 g/mol. The van der Waals surface area contributed by atoms with E-state index in [-0.39, 0.29) is 31.1 Å². The van der Waals surface area contributed by atoms with Crippen molar-refractivity contribution in [3.8, 4) is 11.5 Å². The normalized spacial score (nSPS) is 25.6. The van der Waals surface area contributed by atoms with Gasteiger partial charge in [0, 0.05) is 38.1 Å². The monoisotopic (exact) mass is 419 g/mol. The van der Waals surface area contributed by atoms with E-state index in [2.05, 4.69) is 0 Å². The first kappa shape index (κ1) is 21.0. The summed E-state index contributed by atoms with van der Waals surface area (Å²) in [5, 5.41) is 9.40. The molecule has 0 aliphatic carbocycles. The van der Waals surface area contributed by atoms with Crippen molar-refractivity contribution in [3.63, 3.8) is 0 Å². The van der Waals surface area contributed by atoms with Crippen molar-refractivity contribution in [2.45, 2.75) is 32.0 Å². The van der Waals surface area contributed by atoms with Gasteiger partial charge in [-0.2, -0.15) is 0 Å². The van der Waals surface area contributed by atoms with Gasteiger partial charge in [-0.05, 0) is 43.5 Å². The maximum Gasteiger partial charge on any atom is 0.288 e. The lowest BCUT2D eigenvalue weighted by atomic mass is 9.80. The highest BCUT2D eigenvalue weighted by atomic mass is 16.7. The maximum atomic E-state index is 13.1. The molecule has 1 amide bonds. The van der Waals surface area contributed by atoms with Crippen LogP contribution in [0.15, 0.2) is 30.0 Å². The first-order valence-corrected chi connectivity index (χ1v) is 10.6. The van der Waals surface area contributed by atoms with E-state index in [1.54, 1.807) is 4.90 Å². The number of carbonyl (C=O) groups is 1. The molecule has 0 bridgehead atoms. The molecule has 1 aromatic carbocycles. The van der Waals surface area contributed by atoms with E-state index < -0.39 is 6.29 Å². The zero-order chi connectivity index (χ0) is 20.9. The first-order chi connectivity index (χ1) is 14.7. The molecule has 3 atom stereocenters. The van der Waals surface area contributed by atoms with Crippen LogP contribution in [-0.2, 0) is 19.0 Å². The lowest BCUT2D eigenvalue weighted by Crippen LogP contribution is -2.44. The van der Waals surface area contributed by atoms with Gasteiger partial charge in [0.2, 0.25) is 13.1 Å². The van der Waals surface area contributed by atoms with Crippen molar-refractivity contribution in [2.24, 2.45) is 5.92 Å². The van der Waals surface area contributed by atoms with Crippen LogP contribution in [0.2, 0.25) is 0 Å². The standard InChI is InChI=1S/C22H29NO7/c1-2-27-22-16(4-3-9-24)17(15-5-6-18-19(12-15)29-14-28-18)13-20(30-22)21(25)23-7-10-26-11-8-23/h5-6,12-13,16-17,22,24H,2-4,7-11,14H2,1H3/t16-,17+,22+/m0/s1. The molecule has 0 unspecified atom stereocenters. The third-order valence-electron chi connectivity index (χ3n) is 5.70. The Bertz CT molecular complexity index is 775. The lowest BCUT2D eigenvalue weighted by Gasteiger charge is -2.38. The predicted molar refractivity (Wildman–Crippen MR) is 107 cm³/mol. The molecular formula is C22H29NO7. The highest BCUT2D eigenvalue weighted by Gasteiger charge is 2.39. The van der Waals surface area contributed by atoms with Gasteiger partial charge in [-0.15, -0.1) is 0 Å². The molecular weight excluding hydrogens is 390 g/mol. The number of hydrogen-bond acceptors (Lipinski definition) is 7. The van der Waals surface area contributed by atoms with Crippen molar-refractivity contribution in [1.82, 2.24) is 4.90 Å². The van der Waals surface area contributed by atoms with Crippen LogP contribution in [0.25, 0.3) is 0 Å². The Morgan fingerprint density at radius 3 is 2.80 bits per heavy atom. The lowest BCUT2D eigenvalue weighted by molar-refractivity contribution is -0.171. The second kappa shape index (κ2) is 9.68. The van der Waals surface area contributed by atoms with Crippen molar-refractivity contribution >= 4 is 5.91 Å². The van der Waals surface area contributed by atoms with Gasteiger partial charge in [-0.1, -0.05) is 6.07 Å². The van der Waals surface area contributed by atoms with Crippen molar-refractivity contribution in [2.75, 3.05) is 46.3 Å². The van der Waals surface area contributed by atoms with Gasteiger partial charge >= 0.3 is 0 Å². The summed E-state index contributed by atoms with van der Waals surface area (Å²) in [7, 11) is 0. The van der Waals surface area contributed by atoms with Crippen LogP contribution in [0.4, 0.5) is 0 Å². The van der Waals surface area contributed by atoms with Gasteiger partial charge in [-0.25, -0.2) is 0 Å². The van der Waals surface area contributed by atoms with Crippen molar-refractivity contribution < 1.29 is 33.6 Å². The Hall–Kier alpha value is -2.29. The number of rotatable bonds is 7. The maximum absolute atomic E-state index is 13.1. The van der Waals surface area contributed by atoms with Crippen LogP contribution in [0.3, 0.4) is 0 Å². The molecule has 4 rings (SSSR count). The molecule has 164 valence electrons. The summed E-state index contributed by atoms with van der Waals surface area (Å²) >= 11 is 0. The van der Waals surface area contributed by atoms with Crippen LogP contribution in [0.1, 0.15) is 31.2 Å². The molecule has 1 N–H and O–H groups in total. The molecule has 30 heavy (non-hydrogen) atoms. The van der Waals surface area contributed by atoms with E-state index in [9.17, 15) is 9.90 Å². The van der Waals surface area contributed by atoms with Crippen LogP contribution in [-0.4, -0.2) is 68.5 Å². The summed E-state index contributed by atoms with van der Waals surface area (Å²) in [5.74, 6) is 1.41. The van der Waals surface area contributed by atoms with Crippen molar-refractivity contribution in [3.05, 3.63) is 35.6 Å². The second-order valence-corrected chi connectivity index (χ2v) is 7.55. The van der Waals surface area contributed by atoms with E-state index in [0.29, 0.717) is 63.0 Å². The Labute approximate surface area is 176 Å². The average Bonchev–Trinajstić information content (AvgIpc) is 3.26. The molecule has 8 heteroatoms. The second-order valence-electron chi connectivity index (χ2n) is 7.55. The molecule has 1 fully saturated rings. The number of morpholine rings is 1. The zero-order valence-corrected chi connectivity index (χ0v) is 17.2. The van der Waals surface area contributed by atoms with E-state index in [0.717, 1.165) is 5.56 Å². The number of aliphatic hydroxyl groups is 1. The summed E-state index contributed by atoms with van der Waals surface area (Å²) in [6, 6.07) is 5.84. The summed E-state index contributed by atoms with van der Waals surface area (Å²) in [6.45, 7) is 4.81. The molecule has 0 aromatic heterocycles. The Morgan fingerprint density at radius 2 is 2.03 bits per heavy atom. The third kappa shape index (κ3) is 4.40. The first-order valence-electron chi connectivity index (χ1n) is 10.6. The minimum Gasteiger partial charge on any atom is -0.459 e. The smallest absolute Gasteiger partial charge is 0.288 e. The number of amides is 1. The number of nitrogens with zero attached hydrogens (tertiary/aromatic N) is 1. The molecule has 0 saturated carbocycles. The minimum atomic E-state index is -0.568. The Balaban J connectivity index is 1.67. The van der Waals surface area contributed by atoms with Gasteiger partial charge in [0.1, 0.15) is 0 Å². The number of allylic oxidation sites excluding steroid dienone is 1. The van der Waals surface area contributed by atoms with Gasteiger partial charge in [0.25, 0.3) is 5.91 Å². The van der Waals surface area contributed by atoms with Gasteiger partial charge < -0.3 is 33.7 Å². The fourth-order valence-corrected chi connectivity index (χ4v) is 4.18. The SMILES string of the molecule is CCO[C@@H]1OC(C(=O)N2CCOCC2)=C[C@H](c2ccc3c(c2)OCO3)[C@@H]1CCCO. The highest BCUT2D eigenvalue weighted by Crippen LogP contribution is 2.43. The largest absolute Gasteiger partial charge is 0.459 e. The fourth-order valence-electron chi connectivity index (χ4n) is 4.18. The van der Waals surface area contributed by atoms with E-state index in [4.69, 9.17) is 23.7 Å². The van der Waals surface area contributed by atoms with Crippen molar-refractivity contribution in [1.29, 1.82) is 0 Å². The number of aliphatic hydroxyl groups excluding tert-OH is 1. The van der Waals surface area contributed by atoms with E-state index in [1.807, 2.05) is 31.2 Å². The van der Waals surface area contributed by atoms with Crippen LogP contribution in [0, 0.1) is 5.92 Å². The minimum absolute atomic E-state index is 0.0429. The molecule has 0 radical (unpaired) electrons. The molecule has 1 aromatic rings. The topological polar surface area (TPSA) is 86.7 Å². The van der Waals surface area contributed by atoms with Crippen LogP contribution in [0.5, 0.6) is 11.5 Å². The molecule has 3 aliphatic heterocycles. The molecule has 1 saturated heterocycles. The number of fused-ring (bicyclic) bond motifs is 1. The van der Waals surface area contributed by atoms with E-state index in [1.165, 1.54) is 0 Å². The van der Waals surface area contributed by atoms with Crippen LogP contribution >= 0.6 is 0 Å². The molecule has 3 heterocycles. The van der Waals surface area contributed by atoms with Gasteiger partial charge in [-0.3, -0.25) is 4.79 Å². The molecule has 0 spiro atoms. The highest BCUT2D eigenvalue weighted by molar-refractivity contribution is 5.92. The number of hydrogen-bond donors (Lipinski definition) is 1. The Morgan fingerprint density at radius 1 is 1.23 bits per heavy atom. The molecule has 8 nitrogen and oxygen atoms in total. The summed E-state index contributed by atoms with van der Waals surface area (Å²) in [6.07, 6.45) is 2.66. The third-order valence-corrected chi connectivity index (χ3v) is 5.70. The number of carbonyl (C=O) groups excluding carboxylic acids is 1. The number of ether oxygens (including phenoxy) is 5. The molecule has 3 aliphatic rings. The summed E-state index contributed by atoms with van der Waals surface area (Å²) in [5.41, 5.74) is 1.00. The summed E-state index contributed by atoms with van der Waals surface area (Å²) in [4.78, 5) is 14.9. The van der Waals surface area contributed by atoms with Crippen LogP contribution < -0.4 is 9.47 Å². The fraction of sp³-hybridized carbons (Fsp3) is 0.591. The van der Waals surface area contributed by atoms with Gasteiger partial charge in [0.15, 0.2) is 17.3 Å². The van der Waals surface area contributed by atoms with Gasteiger partial charge in [0.05, 0.1) is 13.2 Å². The quantitative estimate of drug-likeness (QED) is 0.724. The Kier molecular flexibility index (Phi) is 6.76. The number of benzene rings is 1. The van der Waals surface area contributed by atoms with E-state index >= 15 is 0 Å².